The highest BCUT2D eigenvalue weighted by Crippen LogP contribution is 2.28. The Balaban J connectivity index is 1.91. The van der Waals surface area contributed by atoms with Crippen LogP contribution in [0.4, 0.5) is 5.82 Å². The average Bonchev–Trinajstić information content (AvgIpc) is 2.81. The summed E-state index contributed by atoms with van der Waals surface area (Å²) < 4.78 is 5.58. The quantitative estimate of drug-likeness (QED) is 0.549. The van der Waals surface area contributed by atoms with Gasteiger partial charge in [0.25, 0.3) is 5.22 Å². The van der Waals surface area contributed by atoms with E-state index in [1.165, 1.54) is 18.0 Å². The molecule has 3 aromatic rings. The van der Waals surface area contributed by atoms with E-state index in [0.717, 1.165) is 11.1 Å². The van der Waals surface area contributed by atoms with Crippen molar-refractivity contribution in [2.24, 2.45) is 5.84 Å². The number of hydrogen-bond acceptors (Lipinski definition) is 7. The summed E-state index contributed by atoms with van der Waals surface area (Å²) in [7, 11) is 0. The molecule has 0 aliphatic rings. The highest BCUT2D eigenvalue weighted by atomic mass is 32.2. The summed E-state index contributed by atoms with van der Waals surface area (Å²) in [5, 5.41) is 1.19. The van der Waals surface area contributed by atoms with Gasteiger partial charge < -0.3 is 9.84 Å². The first-order valence-electron chi connectivity index (χ1n) is 5.17. The van der Waals surface area contributed by atoms with Gasteiger partial charge in [-0.05, 0) is 23.9 Å². The standard InChI is InChI=1S/C11H9N5OS/c12-16-9-5-13-6-10(15-9)18-11-14-7-3-1-2-4-8(7)17-11/h1-6H,12H2,(H,15,16). The van der Waals surface area contributed by atoms with Crippen LogP contribution in [0.25, 0.3) is 11.1 Å². The minimum atomic E-state index is 0.496. The van der Waals surface area contributed by atoms with Crippen LogP contribution >= 0.6 is 11.8 Å². The first-order valence-corrected chi connectivity index (χ1v) is 5.99. The third-order valence-electron chi connectivity index (χ3n) is 2.23. The van der Waals surface area contributed by atoms with Crippen LogP contribution in [0.2, 0.25) is 0 Å². The lowest BCUT2D eigenvalue weighted by Crippen LogP contribution is -2.08. The van der Waals surface area contributed by atoms with E-state index >= 15 is 0 Å². The summed E-state index contributed by atoms with van der Waals surface area (Å²) in [6.07, 6.45) is 3.16. The minimum absolute atomic E-state index is 0.496. The molecule has 0 unspecified atom stereocenters. The molecule has 0 radical (unpaired) electrons. The van der Waals surface area contributed by atoms with E-state index in [-0.39, 0.29) is 0 Å². The van der Waals surface area contributed by atoms with Gasteiger partial charge in [0.15, 0.2) is 11.4 Å². The van der Waals surface area contributed by atoms with Gasteiger partial charge in [-0.15, -0.1) is 0 Å². The van der Waals surface area contributed by atoms with E-state index in [1.54, 1.807) is 6.20 Å². The first kappa shape index (κ1) is 11.0. The van der Waals surface area contributed by atoms with Crippen molar-refractivity contribution in [3.63, 3.8) is 0 Å². The second-order valence-electron chi connectivity index (χ2n) is 3.44. The SMILES string of the molecule is NNc1cncc(Sc2nc3ccccc3o2)n1. The molecule has 1 aromatic carbocycles. The van der Waals surface area contributed by atoms with E-state index in [1.807, 2.05) is 24.3 Å². The van der Waals surface area contributed by atoms with Crippen molar-refractivity contribution in [3.05, 3.63) is 36.7 Å². The molecule has 3 N–H and O–H groups in total. The van der Waals surface area contributed by atoms with Gasteiger partial charge in [0.2, 0.25) is 0 Å². The molecule has 0 aliphatic heterocycles. The number of nitrogens with two attached hydrogens (primary N) is 1. The highest BCUT2D eigenvalue weighted by Gasteiger charge is 2.08. The Kier molecular flexibility index (Phi) is 2.83. The number of oxazole rings is 1. The zero-order valence-electron chi connectivity index (χ0n) is 9.20. The predicted molar refractivity (Wildman–Crippen MR) is 68.0 cm³/mol. The van der Waals surface area contributed by atoms with Gasteiger partial charge in [-0.1, -0.05) is 12.1 Å². The van der Waals surface area contributed by atoms with Gasteiger partial charge in [-0.25, -0.2) is 15.8 Å². The number of benzene rings is 1. The Labute approximate surface area is 107 Å². The molecule has 0 saturated heterocycles. The summed E-state index contributed by atoms with van der Waals surface area (Å²) >= 11 is 1.30. The molecule has 2 aromatic heterocycles. The second-order valence-corrected chi connectivity index (χ2v) is 4.41. The first-order chi connectivity index (χ1) is 8.85. The van der Waals surface area contributed by atoms with Crippen LogP contribution < -0.4 is 11.3 Å². The van der Waals surface area contributed by atoms with Gasteiger partial charge in [0, 0.05) is 0 Å². The van der Waals surface area contributed by atoms with E-state index in [9.17, 15) is 0 Å². The van der Waals surface area contributed by atoms with E-state index in [2.05, 4.69) is 20.4 Å². The van der Waals surface area contributed by atoms with Gasteiger partial charge in [-0.2, -0.15) is 0 Å². The van der Waals surface area contributed by atoms with Crippen molar-refractivity contribution < 1.29 is 4.42 Å². The van der Waals surface area contributed by atoms with Crippen LogP contribution in [0.5, 0.6) is 0 Å². The molecular weight excluding hydrogens is 250 g/mol. The molecule has 0 spiro atoms. The smallest absolute Gasteiger partial charge is 0.263 e. The lowest BCUT2D eigenvalue weighted by Gasteiger charge is -1.99. The van der Waals surface area contributed by atoms with Crippen LogP contribution in [0, 0.1) is 0 Å². The van der Waals surface area contributed by atoms with Gasteiger partial charge in [-0.3, -0.25) is 4.98 Å². The van der Waals surface area contributed by atoms with Crippen LogP contribution in [0.1, 0.15) is 0 Å². The number of hydrogen-bond donors (Lipinski definition) is 2. The molecule has 18 heavy (non-hydrogen) atoms. The molecule has 0 atom stereocenters. The number of nitrogen functional groups attached to an aromatic ring is 1. The van der Waals surface area contributed by atoms with Crippen molar-refractivity contribution in [3.8, 4) is 0 Å². The fourth-order valence-corrected chi connectivity index (χ4v) is 2.16. The van der Waals surface area contributed by atoms with Crippen LogP contribution in [-0.4, -0.2) is 15.0 Å². The number of fused-ring (bicyclic) bond motifs is 1. The molecule has 2 heterocycles. The Bertz CT molecular complexity index is 651. The third-order valence-corrected chi connectivity index (χ3v) is 2.98. The number of nitrogens with one attached hydrogen (secondary N) is 1. The number of para-hydroxylation sites is 2. The molecule has 0 saturated carbocycles. The molecule has 0 bridgehead atoms. The Morgan fingerprint density at radius 1 is 1.17 bits per heavy atom. The Hall–Kier alpha value is -2.12. The largest absolute Gasteiger partial charge is 0.431 e. The van der Waals surface area contributed by atoms with Crippen LogP contribution in [0.3, 0.4) is 0 Å². The minimum Gasteiger partial charge on any atom is -0.431 e. The molecule has 3 rings (SSSR count). The number of nitrogens with zero attached hydrogens (tertiary/aromatic N) is 3. The molecular formula is C11H9N5OS. The van der Waals surface area contributed by atoms with Crippen LogP contribution in [0.15, 0.2) is 51.3 Å². The maximum atomic E-state index is 5.58. The number of anilines is 1. The molecule has 0 amide bonds. The summed E-state index contributed by atoms with van der Waals surface area (Å²) in [6.45, 7) is 0. The molecule has 90 valence electrons. The zero-order chi connectivity index (χ0) is 12.4. The lowest BCUT2D eigenvalue weighted by molar-refractivity contribution is 0.489. The number of rotatable bonds is 3. The second kappa shape index (κ2) is 4.63. The average molecular weight is 259 g/mol. The molecule has 7 heteroatoms. The fourth-order valence-electron chi connectivity index (χ4n) is 1.45. The van der Waals surface area contributed by atoms with Crippen molar-refractivity contribution >= 4 is 28.7 Å². The predicted octanol–water partition coefficient (Wildman–Crippen LogP) is 2.05. The number of hydrazine groups is 1. The van der Waals surface area contributed by atoms with E-state index in [4.69, 9.17) is 10.3 Å². The van der Waals surface area contributed by atoms with Crippen molar-refractivity contribution in [1.29, 1.82) is 0 Å². The molecule has 6 nitrogen and oxygen atoms in total. The van der Waals surface area contributed by atoms with E-state index in [0.29, 0.717) is 16.1 Å². The summed E-state index contributed by atoms with van der Waals surface area (Å²) in [4.78, 5) is 12.6. The fraction of sp³-hybridized carbons (Fsp3) is 0. The monoisotopic (exact) mass is 259 g/mol. The molecule has 0 aliphatic carbocycles. The Morgan fingerprint density at radius 3 is 2.89 bits per heavy atom. The van der Waals surface area contributed by atoms with Crippen molar-refractivity contribution in [1.82, 2.24) is 15.0 Å². The van der Waals surface area contributed by atoms with Crippen molar-refractivity contribution in [2.75, 3.05) is 5.43 Å². The van der Waals surface area contributed by atoms with Gasteiger partial charge in [0.05, 0.1) is 12.4 Å². The topological polar surface area (TPSA) is 89.9 Å². The highest BCUT2D eigenvalue weighted by molar-refractivity contribution is 7.99. The normalized spacial score (nSPS) is 10.7. The van der Waals surface area contributed by atoms with E-state index < -0.39 is 0 Å². The van der Waals surface area contributed by atoms with Crippen LogP contribution in [-0.2, 0) is 0 Å². The summed E-state index contributed by atoms with van der Waals surface area (Å²) in [6, 6.07) is 7.58. The van der Waals surface area contributed by atoms with Gasteiger partial charge in [0.1, 0.15) is 10.5 Å². The van der Waals surface area contributed by atoms with Crippen molar-refractivity contribution in [2.45, 2.75) is 10.2 Å². The third kappa shape index (κ3) is 2.13. The van der Waals surface area contributed by atoms with Gasteiger partial charge >= 0.3 is 0 Å². The molecule has 0 fully saturated rings. The summed E-state index contributed by atoms with van der Waals surface area (Å²) in [5.74, 6) is 5.77. The number of aromatic nitrogens is 3. The summed E-state index contributed by atoms with van der Waals surface area (Å²) in [5.41, 5.74) is 4.01. The lowest BCUT2D eigenvalue weighted by atomic mass is 10.3. The Morgan fingerprint density at radius 2 is 2.06 bits per heavy atom. The maximum Gasteiger partial charge on any atom is 0.263 e. The zero-order valence-corrected chi connectivity index (χ0v) is 10.0. The maximum absolute atomic E-state index is 5.58.